The summed E-state index contributed by atoms with van der Waals surface area (Å²) in [4.78, 5) is 25.4. The van der Waals surface area contributed by atoms with Crippen molar-refractivity contribution in [3.8, 4) is 0 Å². The second-order valence-corrected chi connectivity index (χ2v) is 3.96. The zero-order valence-corrected chi connectivity index (χ0v) is 10.1. The molecule has 1 atom stereocenters. The van der Waals surface area contributed by atoms with Crippen molar-refractivity contribution in [1.82, 2.24) is 10.3 Å². The van der Waals surface area contributed by atoms with Gasteiger partial charge in [-0.05, 0) is 25.8 Å². The minimum atomic E-state index is -0.383. The molecule has 94 valence electrons. The van der Waals surface area contributed by atoms with Crippen molar-refractivity contribution in [2.24, 2.45) is 0 Å². The maximum atomic E-state index is 11.6. The predicted molar refractivity (Wildman–Crippen MR) is 64.0 cm³/mol. The van der Waals surface area contributed by atoms with Crippen molar-refractivity contribution in [3.63, 3.8) is 0 Å². The van der Waals surface area contributed by atoms with Crippen LogP contribution >= 0.6 is 0 Å². The highest BCUT2D eigenvalue weighted by Gasteiger charge is 2.10. The Hall–Kier alpha value is -1.62. The highest BCUT2D eigenvalue weighted by atomic mass is 16.3. The Kier molecular flexibility index (Phi) is 4.90. The fourth-order valence-corrected chi connectivity index (χ4v) is 1.38. The highest BCUT2D eigenvalue weighted by molar-refractivity contribution is 5.99. The van der Waals surface area contributed by atoms with E-state index in [0.29, 0.717) is 30.6 Å². The number of nitrogens with one attached hydrogen (secondary N) is 2. The van der Waals surface area contributed by atoms with Gasteiger partial charge < -0.3 is 15.4 Å². The Morgan fingerprint density at radius 1 is 1.53 bits per heavy atom. The lowest BCUT2D eigenvalue weighted by molar-refractivity contribution is 0.0937. The molecule has 0 aliphatic carbocycles. The Morgan fingerprint density at radius 3 is 2.76 bits per heavy atom. The van der Waals surface area contributed by atoms with Gasteiger partial charge in [-0.25, -0.2) is 0 Å². The molecule has 0 bridgehead atoms. The topological polar surface area (TPSA) is 82.2 Å². The smallest absolute Gasteiger partial charge is 0.267 e. The van der Waals surface area contributed by atoms with Crippen LogP contribution in [-0.2, 0) is 0 Å². The fraction of sp³-hybridized carbons (Fsp3) is 0.500. The number of H-pyrrole nitrogens is 1. The average Bonchev–Trinajstić information content (AvgIpc) is 2.78. The summed E-state index contributed by atoms with van der Waals surface area (Å²) in [5, 5.41) is 12.0. The molecule has 1 aromatic heterocycles. The van der Waals surface area contributed by atoms with E-state index in [-0.39, 0.29) is 17.8 Å². The number of rotatable bonds is 6. The third kappa shape index (κ3) is 4.03. The normalized spacial score (nSPS) is 12.2. The van der Waals surface area contributed by atoms with Crippen molar-refractivity contribution >= 4 is 11.7 Å². The largest absolute Gasteiger partial charge is 0.393 e. The number of carbonyl (C=O) groups excluding carboxylic acids is 2. The Balaban J connectivity index is 2.44. The molecule has 1 amide bonds. The van der Waals surface area contributed by atoms with E-state index in [4.69, 9.17) is 0 Å². The molecule has 1 unspecified atom stereocenters. The molecule has 5 heteroatoms. The van der Waals surface area contributed by atoms with E-state index in [1.165, 1.54) is 19.2 Å². The molecule has 3 N–H and O–H groups in total. The predicted octanol–water partition coefficient (Wildman–Crippen LogP) is 1.11. The zero-order valence-electron chi connectivity index (χ0n) is 10.1. The van der Waals surface area contributed by atoms with E-state index in [2.05, 4.69) is 10.3 Å². The summed E-state index contributed by atoms with van der Waals surface area (Å²) in [5.41, 5.74) is 0.852. The Labute approximate surface area is 100 Å². The molecule has 0 saturated carbocycles. The molecule has 0 radical (unpaired) electrons. The van der Waals surface area contributed by atoms with Crippen molar-refractivity contribution in [2.75, 3.05) is 6.54 Å². The van der Waals surface area contributed by atoms with Gasteiger partial charge in [0.15, 0.2) is 5.78 Å². The first-order chi connectivity index (χ1) is 8.04. The molecule has 0 aromatic carbocycles. The summed E-state index contributed by atoms with van der Waals surface area (Å²) >= 11 is 0. The van der Waals surface area contributed by atoms with Gasteiger partial charge in [0.1, 0.15) is 5.69 Å². The van der Waals surface area contributed by atoms with Gasteiger partial charge in [-0.15, -0.1) is 0 Å². The number of carbonyl (C=O) groups is 2. The lowest BCUT2D eigenvalue weighted by Crippen LogP contribution is -2.27. The van der Waals surface area contributed by atoms with E-state index in [1.807, 2.05) is 6.92 Å². The third-order valence-electron chi connectivity index (χ3n) is 2.57. The minimum absolute atomic E-state index is 0.0818. The molecule has 1 rings (SSSR count). The summed E-state index contributed by atoms with van der Waals surface area (Å²) < 4.78 is 0. The first-order valence-electron chi connectivity index (χ1n) is 5.70. The second-order valence-electron chi connectivity index (χ2n) is 3.96. The molecule has 0 aliphatic heterocycles. The molecular formula is C12H18N2O3. The Morgan fingerprint density at radius 2 is 2.24 bits per heavy atom. The van der Waals surface area contributed by atoms with Crippen LogP contribution in [0.5, 0.6) is 0 Å². The van der Waals surface area contributed by atoms with Crippen molar-refractivity contribution in [3.05, 3.63) is 23.5 Å². The quantitative estimate of drug-likeness (QED) is 0.649. The molecule has 5 nitrogen and oxygen atoms in total. The van der Waals surface area contributed by atoms with Crippen LogP contribution < -0.4 is 5.32 Å². The Bertz CT molecular complexity index is 398. The number of ketones is 1. The van der Waals surface area contributed by atoms with E-state index in [0.717, 1.165) is 0 Å². The molecule has 1 heterocycles. The molecule has 0 spiro atoms. The van der Waals surface area contributed by atoms with Crippen LogP contribution in [-0.4, -0.2) is 34.4 Å². The lowest BCUT2D eigenvalue weighted by atomic mass is 10.2. The number of aliphatic hydroxyl groups is 1. The van der Waals surface area contributed by atoms with Gasteiger partial charge in [0.25, 0.3) is 5.91 Å². The number of amides is 1. The van der Waals surface area contributed by atoms with Crippen molar-refractivity contribution < 1.29 is 14.7 Å². The number of Topliss-reactive ketones (excluding diaryl/α,β-unsaturated/α-hetero) is 1. The molecule has 0 fully saturated rings. The first-order valence-corrected chi connectivity index (χ1v) is 5.70. The average molecular weight is 238 g/mol. The number of hydrogen-bond donors (Lipinski definition) is 3. The summed E-state index contributed by atoms with van der Waals surface area (Å²) in [6.07, 6.45) is 2.33. The third-order valence-corrected chi connectivity index (χ3v) is 2.57. The van der Waals surface area contributed by atoms with Crippen molar-refractivity contribution in [1.29, 1.82) is 0 Å². The highest BCUT2D eigenvalue weighted by Crippen LogP contribution is 2.04. The van der Waals surface area contributed by atoms with Crippen molar-refractivity contribution in [2.45, 2.75) is 32.8 Å². The summed E-state index contributed by atoms with van der Waals surface area (Å²) in [7, 11) is 0. The van der Waals surface area contributed by atoms with Gasteiger partial charge in [0.2, 0.25) is 0 Å². The SMILES string of the molecule is CCC(O)CCNC(=O)c1cc(C(C)=O)c[nH]1. The van der Waals surface area contributed by atoms with Crippen LogP contribution in [0.3, 0.4) is 0 Å². The van der Waals surface area contributed by atoms with E-state index in [1.54, 1.807) is 0 Å². The van der Waals surface area contributed by atoms with Crippen LogP contribution in [0.25, 0.3) is 0 Å². The molecule has 17 heavy (non-hydrogen) atoms. The summed E-state index contributed by atoms with van der Waals surface area (Å²) in [5.74, 6) is -0.345. The molecule has 0 aliphatic rings. The molecule has 0 saturated heterocycles. The molecular weight excluding hydrogens is 220 g/mol. The van der Waals surface area contributed by atoms with Crippen LogP contribution in [0.2, 0.25) is 0 Å². The van der Waals surface area contributed by atoms with E-state index < -0.39 is 0 Å². The fourth-order valence-electron chi connectivity index (χ4n) is 1.38. The number of aliphatic hydroxyl groups excluding tert-OH is 1. The van der Waals surface area contributed by atoms with Gasteiger partial charge >= 0.3 is 0 Å². The van der Waals surface area contributed by atoms with Crippen LogP contribution in [0.4, 0.5) is 0 Å². The number of aromatic amines is 1. The van der Waals surface area contributed by atoms with Gasteiger partial charge in [-0.2, -0.15) is 0 Å². The van der Waals surface area contributed by atoms with E-state index in [9.17, 15) is 14.7 Å². The van der Waals surface area contributed by atoms with Gasteiger partial charge in [-0.3, -0.25) is 9.59 Å². The maximum absolute atomic E-state index is 11.6. The van der Waals surface area contributed by atoms with Gasteiger partial charge in [-0.1, -0.05) is 6.92 Å². The number of hydrogen-bond acceptors (Lipinski definition) is 3. The number of aromatic nitrogens is 1. The van der Waals surface area contributed by atoms with Gasteiger partial charge in [0.05, 0.1) is 6.10 Å². The van der Waals surface area contributed by atoms with Gasteiger partial charge in [0, 0.05) is 18.3 Å². The van der Waals surface area contributed by atoms with Crippen LogP contribution in [0, 0.1) is 0 Å². The van der Waals surface area contributed by atoms with Crippen LogP contribution in [0.1, 0.15) is 47.5 Å². The standard InChI is InChI=1S/C12H18N2O3/c1-3-10(16)4-5-13-12(17)11-6-9(7-14-11)8(2)15/h6-7,10,14,16H,3-5H2,1-2H3,(H,13,17). The lowest BCUT2D eigenvalue weighted by Gasteiger charge is -2.07. The summed E-state index contributed by atoms with van der Waals surface area (Å²) in [6, 6.07) is 1.52. The first kappa shape index (κ1) is 13.4. The zero-order chi connectivity index (χ0) is 12.8. The molecule has 1 aromatic rings. The second kappa shape index (κ2) is 6.20. The maximum Gasteiger partial charge on any atom is 0.267 e. The monoisotopic (exact) mass is 238 g/mol. The van der Waals surface area contributed by atoms with Crippen LogP contribution in [0.15, 0.2) is 12.3 Å². The minimum Gasteiger partial charge on any atom is -0.393 e. The summed E-state index contributed by atoms with van der Waals surface area (Å²) in [6.45, 7) is 3.75. The van der Waals surface area contributed by atoms with E-state index >= 15 is 0 Å².